The molecule has 0 heterocycles. The first kappa shape index (κ1) is 12.3. The molecule has 0 aliphatic heterocycles. The zero-order chi connectivity index (χ0) is 11.8. The quantitative estimate of drug-likeness (QED) is 0.470. The van der Waals surface area contributed by atoms with E-state index < -0.39 is 5.97 Å². The van der Waals surface area contributed by atoms with Crippen LogP contribution >= 0.6 is 0 Å². The molecule has 0 unspecified atom stereocenters. The number of aromatic hydroxyl groups is 1. The number of unbranched alkanes of at least 4 members (excludes halogenated alkanes) is 2. The fourth-order valence-electron chi connectivity index (χ4n) is 1.17. The van der Waals surface area contributed by atoms with Gasteiger partial charge in [-0.3, -0.25) is 0 Å². The number of hydrogen-bond donors (Lipinski definition) is 1. The third kappa shape index (κ3) is 4.17. The van der Waals surface area contributed by atoms with Crippen molar-refractivity contribution in [2.75, 3.05) is 0 Å². The Morgan fingerprint density at radius 3 is 2.69 bits per heavy atom. The predicted molar refractivity (Wildman–Crippen MR) is 62.2 cm³/mol. The molecule has 0 aliphatic carbocycles. The van der Waals surface area contributed by atoms with Gasteiger partial charge in [-0.25, -0.2) is 4.79 Å². The van der Waals surface area contributed by atoms with Gasteiger partial charge in [0.1, 0.15) is 5.75 Å². The summed E-state index contributed by atoms with van der Waals surface area (Å²) in [6.07, 6.45) is 6.38. The fraction of sp³-hybridized carbons (Fsp3) is 0.308. The van der Waals surface area contributed by atoms with E-state index in [4.69, 9.17) is 9.84 Å². The molecule has 0 aliphatic rings. The Labute approximate surface area is 95.4 Å². The van der Waals surface area contributed by atoms with Crippen molar-refractivity contribution in [2.45, 2.75) is 26.2 Å². The van der Waals surface area contributed by atoms with Gasteiger partial charge in [-0.2, -0.15) is 0 Å². The van der Waals surface area contributed by atoms with Crippen LogP contribution in [0.25, 0.3) is 0 Å². The maximum absolute atomic E-state index is 11.4. The van der Waals surface area contributed by atoms with Gasteiger partial charge >= 0.3 is 5.97 Å². The lowest BCUT2D eigenvalue weighted by atomic mass is 10.2. The zero-order valence-corrected chi connectivity index (χ0v) is 9.35. The Bertz CT molecular complexity index is 352. The number of allylic oxidation sites excluding steroid dienone is 1. The Morgan fingerprint density at radius 1 is 1.38 bits per heavy atom. The van der Waals surface area contributed by atoms with E-state index in [1.807, 2.05) is 6.08 Å². The highest BCUT2D eigenvalue weighted by molar-refractivity contribution is 5.89. The third-order valence-corrected chi connectivity index (χ3v) is 2.10. The van der Waals surface area contributed by atoms with Crippen LogP contribution in [0, 0.1) is 0 Å². The van der Waals surface area contributed by atoms with Gasteiger partial charge in [0, 0.05) is 0 Å². The number of rotatable bonds is 5. The van der Waals surface area contributed by atoms with Crippen molar-refractivity contribution in [3.05, 3.63) is 42.2 Å². The van der Waals surface area contributed by atoms with Crippen molar-refractivity contribution in [1.29, 1.82) is 0 Å². The maximum Gasteiger partial charge on any atom is 0.342 e. The molecule has 1 aromatic rings. The first-order valence-electron chi connectivity index (χ1n) is 5.39. The summed E-state index contributed by atoms with van der Waals surface area (Å²) in [4.78, 5) is 11.4. The Kier molecular flexibility index (Phi) is 5.12. The molecule has 1 aromatic carbocycles. The second kappa shape index (κ2) is 6.67. The maximum atomic E-state index is 11.4. The van der Waals surface area contributed by atoms with Crippen LogP contribution in [0.2, 0.25) is 0 Å². The zero-order valence-electron chi connectivity index (χ0n) is 9.35. The Morgan fingerprint density at radius 2 is 2.06 bits per heavy atom. The van der Waals surface area contributed by atoms with Crippen molar-refractivity contribution in [3.63, 3.8) is 0 Å². The monoisotopic (exact) mass is 220 g/mol. The van der Waals surface area contributed by atoms with Crippen molar-refractivity contribution in [2.24, 2.45) is 0 Å². The van der Waals surface area contributed by atoms with Crippen molar-refractivity contribution in [3.8, 4) is 5.75 Å². The molecule has 1 N–H and O–H groups in total. The lowest BCUT2D eigenvalue weighted by molar-refractivity contribution is 0.0662. The molecule has 0 atom stereocenters. The number of carbonyl (C=O) groups excluding carboxylic acids is 1. The van der Waals surface area contributed by atoms with Crippen LogP contribution in [-0.4, -0.2) is 11.1 Å². The van der Waals surface area contributed by atoms with Gasteiger partial charge in [0.25, 0.3) is 0 Å². The van der Waals surface area contributed by atoms with Gasteiger partial charge in [0.15, 0.2) is 0 Å². The molecule has 3 heteroatoms. The van der Waals surface area contributed by atoms with Crippen LogP contribution in [0.3, 0.4) is 0 Å². The summed E-state index contributed by atoms with van der Waals surface area (Å²) >= 11 is 0. The molecular formula is C13H16O3. The average Bonchev–Trinajstić information content (AvgIpc) is 2.29. The van der Waals surface area contributed by atoms with E-state index in [2.05, 4.69) is 6.92 Å². The molecule has 0 aromatic heterocycles. The Balaban J connectivity index is 2.40. The number of carbonyl (C=O) groups is 1. The molecule has 86 valence electrons. The van der Waals surface area contributed by atoms with E-state index >= 15 is 0 Å². The summed E-state index contributed by atoms with van der Waals surface area (Å²) in [6, 6.07) is 5.96. The molecule has 1 rings (SSSR count). The molecule has 3 nitrogen and oxygen atoms in total. The van der Waals surface area contributed by atoms with Crippen molar-refractivity contribution >= 4 is 5.97 Å². The molecule has 16 heavy (non-hydrogen) atoms. The number of ether oxygens (including phenoxy) is 1. The molecule has 0 spiro atoms. The average molecular weight is 220 g/mol. The third-order valence-electron chi connectivity index (χ3n) is 2.10. The predicted octanol–water partition coefficient (Wildman–Crippen LogP) is 3.25. The summed E-state index contributed by atoms with van der Waals surface area (Å²) < 4.78 is 4.91. The smallest absolute Gasteiger partial charge is 0.342 e. The number of hydrogen-bond acceptors (Lipinski definition) is 3. The molecule has 0 radical (unpaired) electrons. The minimum atomic E-state index is -0.409. The van der Waals surface area contributed by atoms with E-state index in [1.165, 1.54) is 30.5 Å². The lowest BCUT2D eigenvalue weighted by Crippen LogP contribution is -1.99. The van der Waals surface area contributed by atoms with Crippen LogP contribution in [0.15, 0.2) is 36.6 Å². The summed E-state index contributed by atoms with van der Waals surface area (Å²) in [5.41, 5.74) is 0.429. The van der Waals surface area contributed by atoms with E-state index in [0.717, 1.165) is 19.3 Å². The molecule has 0 fully saturated rings. The van der Waals surface area contributed by atoms with Gasteiger partial charge in [0.05, 0.1) is 11.8 Å². The van der Waals surface area contributed by atoms with Gasteiger partial charge in [-0.1, -0.05) is 13.3 Å². The minimum Gasteiger partial charge on any atom is -0.508 e. The molecule has 0 saturated carbocycles. The van der Waals surface area contributed by atoms with Crippen LogP contribution in [0.1, 0.15) is 36.5 Å². The molecule has 0 bridgehead atoms. The fourth-order valence-corrected chi connectivity index (χ4v) is 1.17. The van der Waals surface area contributed by atoms with E-state index in [9.17, 15) is 4.79 Å². The second-order valence-corrected chi connectivity index (χ2v) is 3.47. The molecular weight excluding hydrogens is 204 g/mol. The largest absolute Gasteiger partial charge is 0.508 e. The highest BCUT2D eigenvalue weighted by atomic mass is 16.5. The van der Waals surface area contributed by atoms with E-state index in [1.54, 1.807) is 0 Å². The minimum absolute atomic E-state index is 0.134. The first-order valence-corrected chi connectivity index (χ1v) is 5.39. The van der Waals surface area contributed by atoms with E-state index in [0.29, 0.717) is 5.56 Å². The normalized spacial score (nSPS) is 10.6. The number of esters is 1. The highest BCUT2D eigenvalue weighted by Crippen LogP contribution is 2.10. The van der Waals surface area contributed by atoms with E-state index in [-0.39, 0.29) is 5.75 Å². The Hall–Kier alpha value is -1.77. The lowest BCUT2D eigenvalue weighted by Gasteiger charge is -1.99. The molecule has 0 amide bonds. The van der Waals surface area contributed by atoms with Crippen molar-refractivity contribution in [1.82, 2.24) is 0 Å². The van der Waals surface area contributed by atoms with Crippen LogP contribution in [-0.2, 0) is 4.74 Å². The number of benzene rings is 1. The van der Waals surface area contributed by atoms with Gasteiger partial charge in [-0.15, -0.1) is 0 Å². The van der Waals surface area contributed by atoms with Gasteiger partial charge < -0.3 is 9.84 Å². The summed E-state index contributed by atoms with van der Waals surface area (Å²) in [5.74, 6) is -0.275. The second-order valence-electron chi connectivity index (χ2n) is 3.47. The van der Waals surface area contributed by atoms with Gasteiger partial charge in [0.2, 0.25) is 0 Å². The van der Waals surface area contributed by atoms with Crippen LogP contribution in [0.4, 0.5) is 0 Å². The molecule has 0 saturated heterocycles. The summed E-state index contributed by atoms with van der Waals surface area (Å²) in [7, 11) is 0. The van der Waals surface area contributed by atoms with Crippen LogP contribution < -0.4 is 0 Å². The van der Waals surface area contributed by atoms with Crippen molar-refractivity contribution < 1.29 is 14.6 Å². The topological polar surface area (TPSA) is 46.5 Å². The number of phenolic OH excluding ortho intramolecular Hbond substituents is 1. The number of phenols is 1. The van der Waals surface area contributed by atoms with Crippen LogP contribution in [0.5, 0.6) is 5.75 Å². The first-order chi connectivity index (χ1) is 7.74. The summed E-state index contributed by atoms with van der Waals surface area (Å²) in [5, 5.41) is 9.05. The SMILES string of the molecule is CCCCC=COC(=O)c1ccc(O)cc1. The standard InChI is InChI=1S/C13H16O3/c1-2-3-4-5-10-16-13(15)11-6-8-12(14)9-7-11/h5-10,14H,2-4H2,1H3. The summed E-state index contributed by atoms with van der Waals surface area (Å²) in [6.45, 7) is 2.11. The van der Waals surface area contributed by atoms with Gasteiger partial charge in [-0.05, 0) is 43.2 Å². The highest BCUT2D eigenvalue weighted by Gasteiger charge is 2.04.